The summed E-state index contributed by atoms with van der Waals surface area (Å²) in [6, 6.07) is 27.5. The molecule has 0 radical (unpaired) electrons. The largest absolute Gasteiger partial charge is 0.481 e. The Morgan fingerprint density at radius 2 is 1.39 bits per heavy atom. The number of Topliss-reactive ketones (excluding diaryl/α,β-unsaturated/α-hetero) is 1. The van der Waals surface area contributed by atoms with E-state index < -0.39 is 144 Å². The highest BCUT2D eigenvalue weighted by atomic mass is 16.6. The van der Waals surface area contributed by atoms with Crippen LogP contribution in [-0.4, -0.2) is 135 Å². The number of aliphatic hydroxyl groups excluding tert-OH is 2. The summed E-state index contributed by atoms with van der Waals surface area (Å²) in [5, 5.41) is 53.0. The Hall–Kier alpha value is -7.78. The van der Waals surface area contributed by atoms with E-state index in [0.717, 1.165) is 36.1 Å². The third-order valence-corrected chi connectivity index (χ3v) is 17.1. The van der Waals surface area contributed by atoms with Gasteiger partial charge in [0.1, 0.15) is 36.6 Å². The first-order chi connectivity index (χ1) is 37.9. The number of carboxylic acid groups (broad SMARTS) is 1. The number of benzene rings is 4. The SMILES string of the molecule is CC(=O)O[C@H]1C(=O)[C@@]2(C)[C@H]([C@H](OC(=O)c3ccccc3)[C@]3(O)C[C@H](OC(=O)[C@H](O)[C@@H](NC(=O)[C@@H](CCC(=O)O)NC(=O)OCC4c5ccccc5-c5ccccc54)c4ccccc4)C(C)=C1C3(C)C)[C@]1(OC(C)=O)CO[C@@H]1C[C@@H]2O. The van der Waals surface area contributed by atoms with Crippen molar-refractivity contribution in [3.05, 3.63) is 143 Å². The molecule has 3 fully saturated rings. The van der Waals surface area contributed by atoms with E-state index in [-0.39, 0.29) is 47.8 Å². The van der Waals surface area contributed by atoms with Gasteiger partial charge in [0.15, 0.2) is 23.6 Å². The zero-order chi connectivity index (χ0) is 57.6. The molecule has 20 heteroatoms. The molecule has 9 rings (SSSR count). The van der Waals surface area contributed by atoms with Crippen LogP contribution in [0.25, 0.3) is 11.1 Å². The molecule has 0 aromatic heterocycles. The highest BCUT2D eigenvalue weighted by molar-refractivity contribution is 5.96. The molecule has 2 bridgehead atoms. The lowest BCUT2D eigenvalue weighted by atomic mass is 9.44. The number of carbonyl (C=O) groups is 8. The van der Waals surface area contributed by atoms with Gasteiger partial charge < -0.3 is 59.5 Å². The summed E-state index contributed by atoms with van der Waals surface area (Å²) in [4.78, 5) is 111. The van der Waals surface area contributed by atoms with Gasteiger partial charge in [0.2, 0.25) is 5.91 Å². The molecule has 6 N–H and O–H groups in total. The van der Waals surface area contributed by atoms with Gasteiger partial charge in [-0.15, -0.1) is 0 Å². The second-order valence-corrected chi connectivity index (χ2v) is 22.0. The van der Waals surface area contributed by atoms with E-state index in [1.807, 2.05) is 48.5 Å². The van der Waals surface area contributed by atoms with Crippen LogP contribution in [0.15, 0.2) is 120 Å². The number of ketones is 1. The van der Waals surface area contributed by atoms with E-state index in [0.29, 0.717) is 0 Å². The fraction of sp³-hybridized carbons (Fsp3) is 0.433. The number of alkyl carbamates (subject to hydrolysis) is 1. The van der Waals surface area contributed by atoms with E-state index in [1.165, 1.54) is 52.0 Å². The maximum absolute atomic E-state index is 15.7. The predicted molar refractivity (Wildman–Crippen MR) is 281 cm³/mol. The minimum atomic E-state index is -2.51. The standard InChI is InChI=1S/C60H64N2O18/c1-31-42(28-60(74)52(79-54(71)35-19-11-8-12-20-35)50-58(6,43(65)27-44-59(50,30-76-44)80-33(3)64)51(69)49(77-32(2)63)46(31)57(60,4)5)78-55(72)48(68)47(34-17-9-7-10-18-34)62-53(70)41(25-26-45(66)67)61-56(73)75-29-40-38-23-15-13-21-36(38)37-22-14-16-24-39(37)40/h7-24,40-44,47-50,52,65,68,74H,25-30H2,1-6H3,(H,61,73)(H,62,70)(H,66,67)/t41-,42+,43+,44-,47+,48-,49-,50+,52+,58-,59+,60-/m1/s1. The van der Waals surface area contributed by atoms with Gasteiger partial charge in [-0.3, -0.25) is 24.0 Å². The summed E-state index contributed by atoms with van der Waals surface area (Å²) >= 11 is 0. The normalized spacial score (nSPS) is 28.2. The van der Waals surface area contributed by atoms with Crippen molar-refractivity contribution in [3.8, 4) is 11.1 Å². The fourth-order valence-electron chi connectivity index (χ4n) is 12.9. The van der Waals surface area contributed by atoms with E-state index in [2.05, 4.69) is 10.6 Å². The van der Waals surface area contributed by atoms with Gasteiger partial charge >= 0.3 is 35.9 Å². The molecule has 422 valence electrons. The minimum absolute atomic E-state index is 0.0163. The third kappa shape index (κ3) is 10.0. The van der Waals surface area contributed by atoms with Gasteiger partial charge in [-0.05, 0) is 71.4 Å². The van der Waals surface area contributed by atoms with Gasteiger partial charge in [0.25, 0.3) is 0 Å². The zero-order valence-corrected chi connectivity index (χ0v) is 44.9. The molecule has 0 spiro atoms. The lowest BCUT2D eigenvalue weighted by Crippen LogP contribution is -2.82. The average molecular weight is 1100 g/mol. The number of rotatable bonds is 16. The highest BCUT2D eigenvalue weighted by Gasteiger charge is 2.78. The number of nitrogens with one attached hydrogen (secondary N) is 2. The summed E-state index contributed by atoms with van der Waals surface area (Å²) < 4.78 is 36.2. The van der Waals surface area contributed by atoms with Crippen molar-refractivity contribution in [3.63, 3.8) is 0 Å². The van der Waals surface area contributed by atoms with Crippen molar-refractivity contribution in [2.75, 3.05) is 13.2 Å². The molecule has 0 unspecified atom stereocenters. The lowest BCUT2D eigenvalue weighted by molar-refractivity contribution is -0.346. The number of carboxylic acids is 1. The van der Waals surface area contributed by atoms with Crippen molar-refractivity contribution in [1.29, 1.82) is 0 Å². The quantitative estimate of drug-likeness (QED) is 0.0478. The van der Waals surface area contributed by atoms with Crippen LogP contribution in [0.4, 0.5) is 4.79 Å². The van der Waals surface area contributed by atoms with Crippen LogP contribution < -0.4 is 10.6 Å². The van der Waals surface area contributed by atoms with Crippen LogP contribution in [0.3, 0.4) is 0 Å². The number of carbonyl (C=O) groups excluding carboxylic acids is 7. The monoisotopic (exact) mass is 1100 g/mol. The van der Waals surface area contributed by atoms with Crippen LogP contribution in [0.2, 0.25) is 0 Å². The second-order valence-electron chi connectivity index (χ2n) is 22.0. The number of esters is 4. The maximum Gasteiger partial charge on any atom is 0.407 e. The Labute approximate surface area is 460 Å². The number of ether oxygens (including phenoxy) is 6. The summed E-state index contributed by atoms with van der Waals surface area (Å²) in [6.07, 6.45) is -13.5. The van der Waals surface area contributed by atoms with Crippen LogP contribution in [0, 0.1) is 16.7 Å². The Balaban J connectivity index is 1.05. The molecule has 5 aliphatic rings. The molecule has 4 aromatic carbocycles. The zero-order valence-electron chi connectivity index (χ0n) is 44.9. The fourth-order valence-corrected chi connectivity index (χ4v) is 12.9. The van der Waals surface area contributed by atoms with E-state index in [1.54, 1.807) is 36.4 Å². The van der Waals surface area contributed by atoms with Crippen molar-refractivity contribution >= 4 is 47.6 Å². The Morgan fingerprint density at radius 1 is 0.787 bits per heavy atom. The summed E-state index contributed by atoms with van der Waals surface area (Å²) in [6.45, 7) is 7.51. The number of fused-ring (bicyclic) bond motifs is 8. The Kier molecular flexibility index (Phi) is 15.7. The third-order valence-electron chi connectivity index (χ3n) is 17.1. The number of hydrogen-bond donors (Lipinski definition) is 6. The van der Waals surface area contributed by atoms with E-state index >= 15 is 4.79 Å². The number of hydrogen-bond acceptors (Lipinski definition) is 17. The summed E-state index contributed by atoms with van der Waals surface area (Å²) in [7, 11) is 0. The predicted octanol–water partition coefficient (Wildman–Crippen LogP) is 5.19. The van der Waals surface area contributed by atoms with Crippen LogP contribution in [0.1, 0.15) is 106 Å². The van der Waals surface area contributed by atoms with Crippen molar-refractivity contribution in [1.82, 2.24) is 10.6 Å². The molecule has 2 saturated carbocycles. The molecule has 80 heavy (non-hydrogen) atoms. The molecule has 12 atom stereocenters. The number of amides is 2. The smallest absolute Gasteiger partial charge is 0.407 e. The van der Waals surface area contributed by atoms with Crippen LogP contribution in [-0.2, 0) is 57.2 Å². The molecule has 1 aliphatic heterocycles. The first-order valence-electron chi connectivity index (χ1n) is 26.4. The number of aliphatic carboxylic acids is 1. The second kappa shape index (κ2) is 22.0. The van der Waals surface area contributed by atoms with Gasteiger partial charge in [-0.2, -0.15) is 0 Å². The first-order valence-corrected chi connectivity index (χ1v) is 26.4. The average Bonchev–Trinajstić information content (AvgIpc) is 3.74. The Bertz CT molecular complexity index is 3100. The molecule has 1 saturated heterocycles. The van der Waals surface area contributed by atoms with Crippen LogP contribution in [0.5, 0.6) is 0 Å². The first kappa shape index (κ1) is 56.9. The molecule has 1 heterocycles. The minimum Gasteiger partial charge on any atom is -0.481 e. The van der Waals surface area contributed by atoms with Gasteiger partial charge in [-0.25, -0.2) is 14.4 Å². The van der Waals surface area contributed by atoms with Crippen molar-refractivity contribution in [2.24, 2.45) is 16.7 Å². The lowest BCUT2D eigenvalue weighted by Gasteiger charge is -2.67. The summed E-state index contributed by atoms with van der Waals surface area (Å²) in [5.41, 5.74) is -4.31. The number of aliphatic hydroxyl groups is 3. The molecule has 20 nitrogen and oxygen atoms in total. The summed E-state index contributed by atoms with van der Waals surface area (Å²) in [5.74, 6) is -9.39. The van der Waals surface area contributed by atoms with Crippen molar-refractivity contribution in [2.45, 2.75) is 133 Å². The van der Waals surface area contributed by atoms with Gasteiger partial charge in [0.05, 0.1) is 35.6 Å². The molecular formula is C60H64N2O18. The van der Waals surface area contributed by atoms with Gasteiger partial charge in [0, 0.05) is 44.4 Å². The maximum atomic E-state index is 15.7. The highest BCUT2D eigenvalue weighted by Crippen LogP contribution is 2.64. The van der Waals surface area contributed by atoms with E-state index in [9.17, 15) is 54.0 Å². The molecular weight excluding hydrogens is 1040 g/mol. The molecule has 4 aliphatic carbocycles. The van der Waals surface area contributed by atoms with Crippen LogP contribution >= 0.6 is 0 Å². The Morgan fingerprint density at radius 3 is 1.96 bits per heavy atom. The molecule has 2 amide bonds. The van der Waals surface area contributed by atoms with Gasteiger partial charge in [-0.1, -0.05) is 111 Å². The van der Waals surface area contributed by atoms with E-state index in [4.69, 9.17) is 28.4 Å². The van der Waals surface area contributed by atoms with Crippen molar-refractivity contribution < 1.29 is 87.2 Å². The molecule has 4 aromatic rings. The topological polar surface area (TPSA) is 297 Å².